The van der Waals surface area contributed by atoms with Crippen molar-refractivity contribution in [1.29, 1.82) is 0 Å². The molecule has 0 spiro atoms. The summed E-state index contributed by atoms with van der Waals surface area (Å²) in [7, 11) is -4.14. The van der Waals surface area contributed by atoms with Gasteiger partial charge in [0.2, 0.25) is 9.84 Å². The van der Waals surface area contributed by atoms with E-state index in [0.717, 1.165) is 0 Å². The Morgan fingerprint density at radius 1 is 1.03 bits per heavy atom. The molecule has 0 radical (unpaired) electrons. The van der Waals surface area contributed by atoms with Gasteiger partial charge >= 0.3 is 12.1 Å². The minimum Gasteiger partial charge on any atom is -0.481 e. The largest absolute Gasteiger partial charge is 0.481 e. The van der Waals surface area contributed by atoms with E-state index in [1.165, 1.54) is 24.3 Å². The minimum absolute atomic E-state index is 0.0643. The fraction of sp³-hybridized carbons (Fsp3) is 0.526. The molecule has 2 N–H and O–H groups in total. The molecular weight excluding hydrogens is 402 g/mol. The van der Waals surface area contributed by atoms with Gasteiger partial charge in [0, 0.05) is 19.4 Å². The van der Waals surface area contributed by atoms with Crippen LogP contribution in [0, 0.1) is 0 Å². The topological polar surface area (TPSA) is 136 Å². The fourth-order valence-electron chi connectivity index (χ4n) is 2.15. The molecule has 1 amide bonds. The first kappa shape index (κ1) is 24.6. The Hall–Kier alpha value is -2.46. The van der Waals surface area contributed by atoms with Gasteiger partial charge in [-0.05, 0) is 44.9 Å². The van der Waals surface area contributed by atoms with E-state index in [2.05, 4.69) is 5.32 Å². The standard InChI is InChI=1S/C19H27NO8S/c1-19(2,3)28-18(24)20-11-13-27-12-10-17(23)29(25,26)15-7-4-14(5-8-15)6-9-16(21)22/h4-5,7-8H,6,9-13H2,1-3H3,(H,20,24)(H,21,22). The maximum absolute atomic E-state index is 12.3. The van der Waals surface area contributed by atoms with Crippen molar-refractivity contribution in [1.82, 2.24) is 5.32 Å². The van der Waals surface area contributed by atoms with Gasteiger partial charge in [0.1, 0.15) is 5.60 Å². The molecule has 9 nitrogen and oxygen atoms in total. The zero-order valence-corrected chi connectivity index (χ0v) is 17.6. The van der Waals surface area contributed by atoms with Crippen molar-refractivity contribution in [3.05, 3.63) is 29.8 Å². The Balaban J connectivity index is 2.39. The molecule has 0 aromatic heterocycles. The predicted molar refractivity (Wildman–Crippen MR) is 104 cm³/mol. The Morgan fingerprint density at radius 3 is 2.21 bits per heavy atom. The summed E-state index contributed by atoms with van der Waals surface area (Å²) in [6.45, 7) is 5.36. The smallest absolute Gasteiger partial charge is 0.407 e. The number of amides is 1. The SMILES string of the molecule is CC(C)(C)OC(=O)NCCOCCC(=O)S(=O)(=O)c1ccc(CCC(=O)O)cc1. The molecule has 0 aliphatic rings. The van der Waals surface area contributed by atoms with E-state index in [4.69, 9.17) is 14.6 Å². The van der Waals surface area contributed by atoms with E-state index in [-0.39, 0.29) is 43.9 Å². The van der Waals surface area contributed by atoms with Gasteiger partial charge in [-0.15, -0.1) is 0 Å². The second kappa shape index (κ2) is 10.9. The lowest BCUT2D eigenvalue weighted by Crippen LogP contribution is -2.34. The summed E-state index contributed by atoms with van der Waals surface area (Å²) in [4.78, 5) is 33.9. The average Bonchev–Trinajstić information content (AvgIpc) is 2.61. The normalized spacial score (nSPS) is 11.7. The lowest BCUT2D eigenvalue weighted by molar-refractivity contribution is -0.137. The number of hydrogen-bond acceptors (Lipinski definition) is 7. The molecule has 0 aliphatic heterocycles. The molecule has 0 heterocycles. The van der Waals surface area contributed by atoms with E-state index in [0.29, 0.717) is 5.56 Å². The number of sulfone groups is 1. The highest BCUT2D eigenvalue weighted by Gasteiger charge is 2.24. The third-order valence-electron chi connectivity index (χ3n) is 3.53. The molecule has 1 rings (SSSR count). The van der Waals surface area contributed by atoms with E-state index < -0.39 is 32.6 Å². The number of hydrogen-bond donors (Lipinski definition) is 2. The lowest BCUT2D eigenvalue weighted by Gasteiger charge is -2.19. The van der Waals surface area contributed by atoms with Gasteiger partial charge in [0.15, 0.2) is 0 Å². The summed E-state index contributed by atoms with van der Waals surface area (Å²) in [5.41, 5.74) is 0.0554. The molecule has 0 saturated heterocycles. The first-order chi connectivity index (χ1) is 13.4. The number of carbonyl (C=O) groups excluding carboxylic acids is 2. The monoisotopic (exact) mass is 429 g/mol. The highest BCUT2D eigenvalue weighted by molar-refractivity contribution is 8.06. The van der Waals surface area contributed by atoms with Crippen molar-refractivity contribution in [3.8, 4) is 0 Å². The van der Waals surface area contributed by atoms with Crippen molar-refractivity contribution in [2.24, 2.45) is 0 Å². The van der Waals surface area contributed by atoms with Gasteiger partial charge in [-0.2, -0.15) is 0 Å². The first-order valence-corrected chi connectivity index (χ1v) is 10.5. The van der Waals surface area contributed by atoms with Gasteiger partial charge in [0.25, 0.3) is 5.12 Å². The van der Waals surface area contributed by atoms with Crippen LogP contribution in [0.25, 0.3) is 0 Å². The zero-order valence-electron chi connectivity index (χ0n) is 16.8. The first-order valence-electron chi connectivity index (χ1n) is 9.05. The van der Waals surface area contributed by atoms with Gasteiger partial charge in [-0.25, -0.2) is 13.2 Å². The maximum Gasteiger partial charge on any atom is 0.407 e. The second-order valence-corrected chi connectivity index (χ2v) is 9.14. The van der Waals surface area contributed by atoms with Crippen LogP contribution in [-0.4, -0.2) is 56.1 Å². The van der Waals surface area contributed by atoms with E-state index in [1.807, 2.05) is 0 Å². The molecule has 10 heteroatoms. The Kier molecular flexibility index (Phi) is 9.25. The number of rotatable bonds is 10. The van der Waals surface area contributed by atoms with Crippen LogP contribution in [0.1, 0.15) is 39.2 Å². The molecule has 1 aromatic rings. The number of carboxylic acid groups (broad SMARTS) is 1. The van der Waals surface area contributed by atoms with E-state index in [1.54, 1.807) is 20.8 Å². The molecule has 0 aliphatic carbocycles. The summed E-state index contributed by atoms with van der Waals surface area (Å²) >= 11 is 0. The fourth-order valence-corrected chi connectivity index (χ4v) is 3.26. The van der Waals surface area contributed by atoms with Gasteiger partial charge in [-0.3, -0.25) is 9.59 Å². The number of aryl methyl sites for hydroxylation is 1. The predicted octanol–water partition coefficient (Wildman–Crippen LogP) is 1.94. The molecule has 1 aromatic carbocycles. The van der Waals surface area contributed by atoms with Crippen LogP contribution < -0.4 is 5.32 Å². The van der Waals surface area contributed by atoms with Crippen LogP contribution in [0.2, 0.25) is 0 Å². The third kappa shape index (κ3) is 9.53. The van der Waals surface area contributed by atoms with Gasteiger partial charge in [0.05, 0.1) is 18.1 Å². The van der Waals surface area contributed by atoms with Crippen molar-refractivity contribution < 1.29 is 37.4 Å². The summed E-state index contributed by atoms with van der Waals surface area (Å²) in [5.74, 6) is -0.946. The van der Waals surface area contributed by atoms with Crippen molar-refractivity contribution in [2.45, 2.75) is 50.5 Å². The molecule has 0 bridgehead atoms. The average molecular weight is 429 g/mol. The number of ether oxygens (including phenoxy) is 2. The molecular formula is C19H27NO8S. The Labute approximate surface area is 170 Å². The molecule has 29 heavy (non-hydrogen) atoms. The van der Waals surface area contributed by atoms with Crippen LogP contribution in [0.4, 0.5) is 4.79 Å². The van der Waals surface area contributed by atoms with Crippen LogP contribution in [0.3, 0.4) is 0 Å². The van der Waals surface area contributed by atoms with E-state index >= 15 is 0 Å². The zero-order chi connectivity index (χ0) is 22.1. The molecule has 0 saturated carbocycles. The second-order valence-electron chi connectivity index (χ2n) is 7.20. The summed E-state index contributed by atoms with van der Waals surface area (Å²) in [6, 6.07) is 5.55. The Bertz CT molecular complexity index is 810. The number of aliphatic carboxylic acids is 1. The number of alkyl carbamates (subject to hydrolysis) is 1. The van der Waals surface area contributed by atoms with Crippen LogP contribution in [0.5, 0.6) is 0 Å². The van der Waals surface area contributed by atoms with Crippen LogP contribution >= 0.6 is 0 Å². The number of carbonyl (C=O) groups is 3. The summed E-state index contributed by atoms with van der Waals surface area (Å²) in [6.07, 6.45) is -0.707. The lowest BCUT2D eigenvalue weighted by atomic mass is 10.1. The van der Waals surface area contributed by atoms with Crippen LogP contribution in [0.15, 0.2) is 29.2 Å². The van der Waals surface area contributed by atoms with Crippen molar-refractivity contribution in [3.63, 3.8) is 0 Å². The van der Waals surface area contributed by atoms with Crippen molar-refractivity contribution in [2.75, 3.05) is 19.8 Å². The number of nitrogens with one attached hydrogen (secondary N) is 1. The quantitative estimate of drug-likeness (QED) is 0.539. The number of benzene rings is 1. The minimum atomic E-state index is -4.14. The van der Waals surface area contributed by atoms with Crippen LogP contribution in [-0.2, 0) is 35.3 Å². The molecule has 0 unspecified atom stereocenters. The van der Waals surface area contributed by atoms with Gasteiger partial charge < -0.3 is 19.9 Å². The Morgan fingerprint density at radius 2 is 1.66 bits per heavy atom. The van der Waals surface area contributed by atoms with E-state index in [9.17, 15) is 22.8 Å². The molecule has 0 atom stereocenters. The maximum atomic E-state index is 12.3. The third-order valence-corrected chi connectivity index (χ3v) is 5.22. The summed E-state index contributed by atoms with van der Waals surface area (Å²) in [5, 5.41) is 10.2. The molecule has 162 valence electrons. The highest BCUT2D eigenvalue weighted by atomic mass is 32.2. The number of carboxylic acids is 1. The van der Waals surface area contributed by atoms with Crippen molar-refractivity contribution >= 4 is 27.0 Å². The van der Waals surface area contributed by atoms with Gasteiger partial charge in [-0.1, -0.05) is 12.1 Å². The summed E-state index contributed by atoms with van der Waals surface area (Å²) < 4.78 is 34.8. The highest BCUT2D eigenvalue weighted by Crippen LogP contribution is 2.15. The molecule has 0 fully saturated rings.